The van der Waals surface area contributed by atoms with Gasteiger partial charge in [0.05, 0.1) is 25.5 Å². The molecule has 2 aromatic carbocycles. The number of amides is 2. The number of carbonyl (C=O) groups excluding carboxylic acids is 1. The third-order valence-corrected chi connectivity index (χ3v) is 10.5. The van der Waals surface area contributed by atoms with Gasteiger partial charge in [-0.05, 0) is 80.0 Å². The summed E-state index contributed by atoms with van der Waals surface area (Å²) in [5, 5.41) is 27.2. The van der Waals surface area contributed by atoms with Gasteiger partial charge in [-0.25, -0.2) is 4.79 Å². The minimum absolute atomic E-state index is 0.172. The third kappa shape index (κ3) is 8.82. The zero-order valence-electron chi connectivity index (χ0n) is 31.4. The van der Waals surface area contributed by atoms with Crippen LogP contribution in [0.2, 0.25) is 0 Å². The number of benzene rings is 2. The van der Waals surface area contributed by atoms with Crippen molar-refractivity contribution in [3.63, 3.8) is 0 Å². The number of allylic oxidation sites excluding steroid dienone is 1. The van der Waals surface area contributed by atoms with E-state index < -0.39 is 5.41 Å². The van der Waals surface area contributed by atoms with E-state index in [-0.39, 0.29) is 18.2 Å². The van der Waals surface area contributed by atoms with Gasteiger partial charge in [-0.2, -0.15) is 0 Å². The molecule has 12 heteroatoms. The Hall–Kier alpha value is -4.94. The minimum atomic E-state index is -0.392. The topological polar surface area (TPSA) is 132 Å². The lowest BCUT2D eigenvalue weighted by atomic mass is 9.85. The van der Waals surface area contributed by atoms with Crippen LogP contribution >= 0.6 is 0 Å². The molecule has 3 atom stereocenters. The van der Waals surface area contributed by atoms with E-state index in [1.54, 1.807) is 6.08 Å². The van der Waals surface area contributed by atoms with E-state index in [1.807, 2.05) is 67.8 Å². The Labute approximate surface area is 312 Å². The Morgan fingerprint density at radius 1 is 0.962 bits per heavy atom. The Balaban J connectivity index is 1.03. The fourth-order valence-electron chi connectivity index (χ4n) is 7.35. The zero-order valence-corrected chi connectivity index (χ0v) is 31.4. The summed E-state index contributed by atoms with van der Waals surface area (Å²) in [5.41, 5.74) is 4.93. The van der Waals surface area contributed by atoms with Crippen LogP contribution < -0.4 is 25.6 Å². The lowest BCUT2D eigenvalue weighted by Crippen LogP contribution is -2.41. The summed E-state index contributed by atoms with van der Waals surface area (Å²) < 4.78 is 14.2. The summed E-state index contributed by atoms with van der Waals surface area (Å²) in [6.07, 6.45) is 8.50. The fourth-order valence-corrected chi connectivity index (χ4v) is 7.35. The van der Waals surface area contributed by atoms with E-state index in [1.165, 1.54) is 12.0 Å². The van der Waals surface area contributed by atoms with Crippen molar-refractivity contribution in [2.24, 2.45) is 5.41 Å². The molecule has 0 bridgehead atoms. The number of carbonyl (C=O) groups is 1. The lowest BCUT2D eigenvalue weighted by Gasteiger charge is -2.33. The monoisotopic (exact) mass is 719 g/mol. The molecule has 1 aliphatic carbocycles. The van der Waals surface area contributed by atoms with Crippen molar-refractivity contribution in [1.29, 1.82) is 5.41 Å². The van der Waals surface area contributed by atoms with Crippen molar-refractivity contribution in [3.8, 4) is 5.75 Å². The van der Waals surface area contributed by atoms with Crippen LogP contribution in [0.4, 0.5) is 16.4 Å². The number of nitrogens with one attached hydrogen (secondary N) is 4. The second kappa shape index (κ2) is 16.0. The molecule has 0 saturated carbocycles. The second-order valence-electron chi connectivity index (χ2n) is 15.5. The van der Waals surface area contributed by atoms with Gasteiger partial charge in [0.1, 0.15) is 17.7 Å². The van der Waals surface area contributed by atoms with Crippen molar-refractivity contribution in [2.75, 3.05) is 43.1 Å². The maximum Gasteiger partial charge on any atom is 0.320 e. The van der Waals surface area contributed by atoms with Gasteiger partial charge >= 0.3 is 6.03 Å². The number of piperidine rings is 1. The molecule has 0 radical (unpaired) electrons. The summed E-state index contributed by atoms with van der Waals surface area (Å²) in [6.45, 7) is 13.4. The summed E-state index contributed by atoms with van der Waals surface area (Å²) in [5.74, 6) is 2.05. The fraction of sp³-hybridized carbons (Fsp3) is 0.463. The summed E-state index contributed by atoms with van der Waals surface area (Å²) >= 11 is 0. The predicted molar refractivity (Wildman–Crippen MR) is 209 cm³/mol. The number of ether oxygens (including phenoxy) is 2. The first-order valence-electron chi connectivity index (χ1n) is 19.0. The van der Waals surface area contributed by atoms with Crippen LogP contribution in [0, 0.1) is 10.8 Å². The van der Waals surface area contributed by atoms with E-state index in [0.29, 0.717) is 24.0 Å². The molecule has 1 unspecified atom stereocenters. The molecule has 4 N–H and O–H groups in total. The second-order valence-corrected chi connectivity index (χ2v) is 15.5. The number of hydrogen-bond donors (Lipinski definition) is 4. The van der Waals surface area contributed by atoms with Gasteiger partial charge in [0, 0.05) is 55.1 Å². The van der Waals surface area contributed by atoms with Gasteiger partial charge in [0.25, 0.3) is 0 Å². The average molecular weight is 720 g/mol. The third-order valence-electron chi connectivity index (χ3n) is 10.5. The Bertz CT molecular complexity index is 1930. The summed E-state index contributed by atoms with van der Waals surface area (Å²) in [4.78, 5) is 18.4. The van der Waals surface area contributed by atoms with Crippen LogP contribution in [-0.4, -0.2) is 70.1 Å². The van der Waals surface area contributed by atoms with Gasteiger partial charge in [-0.15, -0.1) is 10.2 Å². The normalized spacial score (nSPS) is 21.2. The molecule has 53 heavy (non-hydrogen) atoms. The van der Waals surface area contributed by atoms with Gasteiger partial charge in [-0.3, -0.25) is 14.6 Å². The molecule has 2 aliphatic heterocycles. The van der Waals surface area contributed by atoms with Crippen molar-refractivity contribution in [3.05, 3.63) is 95.4 Å². The van der Waals surface area contributed by atoms with Crippen molar-refractivity contribution in [1.82, 2.24) is 30.1 Å². The van der Waals surface area contributed by atoms with Crippen LogP contribution in [-0.2, 0) is 11.3 Å². The molecule has 2 aromatic heterocycles. The molecule has 12 nitrogen and oxygen atoms in total. The Morgan fingerprint density at radius 3 is 2.49 bits per heavy atom. The number of pyridine rings is 1. The minimum Gasteiger partial charge on any atom is -0.484 e. The molecular weight excluding hydrogens is 667 g/mol. The van der Waals surface area contributed by atoms with Gasteiger partial charge in [-0.1, -0.05) is 57.2 Å². The zero-order chi connectivity index (χ0) is 37.0. The van der Waals surface area contributed by atoms with Crippen molar-refractivity contribution < 1.29 is 14.3 Å². The summed E-state index contributed by atoms with van der Waals surface area (Å²) in [6, 6.07) is 20.2. The smallest absolute Gasteiger partial charge is 0.320 e. The van der Waals surface area contributed by atoms with Gasteiger partial charge < -0.3 is 30.4 Å². The highest BCUT2D eigenvalue weighted by molar-refractivity contribution is 5.97. The number of hydrogen-bond acceptors (Lipinski definition) is 9. The first-order chi connectivity index (χ1) is 25.6. The number of fused-ring (bicyclic) bond motifs is 2. The number of urea groups is 1. The van der Waals surface area contributed by atoms with Crippen LogP contribution in [0.3, 0.4) is 0 Å². The highest BCUT2D eigenvalue weighted by Gasteiger charge is 2.30. The van der Waals surface area contributed by atoms with E-state index in [4.69, 9.17) is 14.9 Å². The van der Waals surface area contributed by atoms with Gasteiger partial charge in [0.2, 0.25) is 5.95 Å². The summed E-state index contributed by atoms with van der Waals surface area (Å²) in [7, 11) is 0. The highest BCUT2D eigenvalue weighted by Crippen LogP contribution is 2.39. The molecule has 2 fully saturated rings. The van der Waals surface area contributed by atoms with E-state index in [9.17, 15) is 4.79 Å². The number of nitrogens with zero attached hydrogens (tertiary/aromatic N) is 5. The number of aromatic nitrogens is 3. The molecule has 2 amide bonds. The van der Waals surface area contributed by atoms with Crippen molar-refractivity contribution >= 4 is 29.0 Å². The SMILES string of the molecule is C[C@H]1CCCCN1c1nnc2ccc(OC3CC[C@H](NC(=O)N/C(=C/C(=N)C(C)(C)C)Nc4ccc(CN5CCOCC5)cc4)c4ccccc43)cn12. The van der Waals surface area contributed by atoms with Crippen molar-refractivity contribution in [2.45, 2.75) is 84.5 Å². The van der Waals surface area contributed by atoms with Crippen LogP contribution in [0.5, 0.6) is 5.75 Å². The number of morpholine rings is 1. The molecule has 280 valence electrons. The van der Waals surface area contributed by atoms with Gasteiger partial charge in [0.15, 0.2) is 5.65 Å². The molecule has 4 aromatic rings. The maximum atomic E-state index is 13.6. The lowest BCUT2D eigenvalue weighted by molar-refractivity contribution is 0.0342. The van der Waals surface area contributed by atoms with Crippen LogP contribution in [0.15, 0.2) is 78.8 Å². The number of anilines is 2. The predicted octanol–water partition coefficient (Wildman–Crippen LogP) is 7.21. The van der Waals surface area contributed by atoms with E-state index >= 15 is 0 Å². The maximum absolute atomic E-state index is 13.6. The molecule has 7 rings (SSSR count). The molecule has 0 spiro atoms. The average Bonchev–Trinajstić information content (AvgIpc) is 3.56. The van der Waals surface area contributed by atoms with Crippen LogP contribution in [0.25, 0.3) is 5.65 Å². The number of rotatable bonds is 10. The van der Waals surface area contributed by atoms with Crippen LogP contribution in [0.1, 0.15) is 88.6 Å². The highest BCUT2D eigenvalue weighted by atomic mass is 16.5. The Kier molecular flexibility index (Phi) is 11.0. The van der Waals surface area contributed by atoms with E-state index in [2.05, 4.69) is 67.1 Å². The quantitative estimate of drug-likeness (QED) is 0.127. The molecule has 3 aliphatic rings. The molecular formula is C41H53N9O3. The van der Waals surface area contributed by atoms with E-state index in [0.717, 1.165) is 92.8 Å². The standard InChI is InChI=1S/C41H53N9O3/c1-28-9-7-8-20-49(28)40-47-46-38-19-16-31(27-50(38)40)53-35-18-17-34(32-10-5-6-11-33(32)35)44-39(51)45-37(25-36(42)41(2,3)4)43-30-14-12-29(13-15-30)26-48-21-23-52-24-22-48/h5-6,10-16,19,25,27-28,34-35,42-43H,7-9,17-18,20-24,26H2,1-4H3,(H2,44,45,51)/b37-25+,42-36?/t28-,34-,35?/m0/s1. The first-order valence-corrected chi connectivity index (χ1v) is 19.0. The molecule has 2 saturated heterocycles. The first kappa shape index (κ1) is 36.4. The largest absolute Gasteiger partial charge is 0.484 e. The Morgan fingerprint density at radius 2 is 1.74 bits per heavy atom. The molecule has 4 heterocycles.